The maximum absolute atomic E-state index is 5.83. The Bertz CT molecular complexity index is 265. The van der Waals surface area contributed by atoms with Gasteiger partial charge in [-0.2, -0.15) is 0 Å². The van der Waals surface area contributed by atoms with Gasteiger partial charge in [-0.25, -0.2) is 5.43 Å². The van der Waals surface area contributed by atoms with Gasteiger partial charge in [-0.1, -0.05) is 18.2 Å². The van der Waals surface area contributed by atoms with Gasteiger partial charge in [-0.05, 0) is 12.1 Å². The number of hydrogen-bond donors (Lipinski definition) is 3. The molecule has 1 saturated heterocycles. The predicted molar refractivity (Wildman–Crippen MR) is 55.2 cm³/mol. The van der Waals surface area contributed by atoms with Crippen LogP contribution in [-0.2, 0) is 0 Å². The van der Waals surface area contributed by atoms with Crippen LogP contribution >= 0.6 is 11.8 Å². The van der Waals surface area contributed by atoms with Crippen molar-refractivity contribution in [1.29, 1.82) is 0 Å². The van der Waals surface area contributed by atoms with Gasteiger partial charge < -0.3 is 5.73 Å². The number of hydrazine groups is 1. The quantitative estimate of drug-likeness (QED) is 0.644. The van der Waals surface area contributed by atoms with Gasteiger partial charge >= 0.3 is 0 Å². The first-order chi connectivity index (χ1) is 6.36. The van der Waals surface area contributed by atoms with Gasteiger partial charge in [0.2, 0.25) is 0 Å². The van der Waals surface area contributed by atoms with Crippen LogP contribution in [0.2, 0.25) is 0 Å². The summed E-state index contributed by atoms with van der Waals surface area (Å²) in [6.07, 6.45) is 0.0465. The molecule has 2 unspecified atom stereocenters. The van der Waals surface area contributed by atoms with E-state index in [-0.39, 0.29) is 6.17 Å². The van der Waals surface area contributed by atoms with Crippen molar-refractivity contribution in [2.24, 2.45) is 5.73 Å². The molecule has 1 aromatic rings. The number of nitrogens with two attached hydrogens (primary N) is 1. The molecule has 0 radical (unpaired) electrons. The topological polar surface area (TPSA) is 50.1 Å². The fourth-order valence-electron chi connectivity index (χ4n) is 1.29. The van der Waals surface area contributed by atoms with Crippen LogP contribution < -0.4 is 16.6 Å². The normalized spacial score (nSPS) is 27.8. The SMILES string of the molecule is NC1NNCC1Sc1ccccc1. The fraction of sp³-hybridized carbons (Fsp3) is 0.333. The molecule has 4 heteroatoms. The van der Waals surface area contributed by atoms with E-state index < -0.39 is 0 Å². The van der Waals surface area contributed by atoms with Crippen molar-refractivity contribution in [3.8, 4) is 0 Å². The molecule has 0 aliphatic carbocycles. The van der Waals surface area contributed by atoms with Gasteiger partial charge in [0.05, 0.1) is 11.4 Å². The van der Waals surface area contributed by atoms with Gasteiger partial charge in [-0.3, -0.25) is 5.43 Å². The Morgan fingerprint density at radius 3 is 2.69 bits per heavy atom. The van der Waals surface area contributed by atoms with Crippen molar-refractivity contribution in [3.63, 3.8) is 0 Å². The number of rotatable bonds is 2. The fourth-order valence-corrected chi connectivity index (χ4v) is 2.33. The lowest BCUT2D eigenvalue weighted by Gasteiger charge is -2.12. The van der Waals surface area contributed by atoms with E-state index >= 15 is 0 Å². The van der Waals surface area contributed by atoms with E-state index in [0.29, 0.717) is 5.25 Å². The summed E-state index contributed by atoms with van der Waals surface area (Å²) >= 11 is 1.81. The van der Waals surface area contributed by atoms with Crippen molar-refractivity contribution < 1.29 is 0 Å². The predicted octanol–water partition coefficient (Wildman–Crippen LogP) is 0.540. The molecule has 1 heterocycles. The molecule has 3 nitrogen and oxygen atoms in total. The molecule has 2 rings (SSSR count). The van der Waals surface area contributed by atoms with Gasteiger partial charge in [0, 0.05) is 11.4 Å². The highest BCUT2D eigenvalue weighted by molar-refractivity contribution is 8.00. The molecule has 1 aromatic carbocycles. The van der Waals surface area contributed by atoms with Crippen molar-refractivity contribution >= 4 is 11.8 Å². The molecule has 1 aliphatic heterocycles. The minimum Gasteiger partial charge on any atom is -0.314 e. The number of hydrogen-bond acceptors (Lipinski definition) is 4. The van der Waals surface area contributed by atoms with Crippen LogP contribution in [0.1, 0.15) is 0 Å². The summed E-state index contributed by atoms with van der Waals surface area (Å²) in [7, 11) is 0. The van der Waals surface area contributed by atoms with E-state index in [9.17, 15) is 0 Å². The Labute approximate surface area is 82.1 Å². The van der Waals surface area contributed by atoms with Crippen LogP contribution in [0, 0.1) is 0 Å². The molecule has 0 saturated carbocycles. The monoisotopic (exact) mass is 195 g/mol. The van der Waals surface area contributed by atoms with Crippen molar-refractivity contribution in [2.75, 3.05) is 6.54 Å². The van der Waals surface area contributed by atoms with E-state index in [0.717, 1.165) is 6.54 Å². The zero-order chi connectivity index (χ0) is 9.10. The van der Waals surface area contributed by atoms with Gasteiger partial charge in [0.25, 0.3) is 0 Å². The summed E-state index contributed by atoms with van der Waals surface area (Å²) in [6.45, 7) is 0.917. The lowest BCUT2D eigenvalue weighted by molar-refractivity contribution is 0.577. The van der Waals surface area contributed by atoms with E-state index in [1.807, 2.05) is 30.0 Å². The average Bonchev–Trinajstić information content (AvgIpc) is 2.54. The molecule has 1 fully saturated rings. The molecular formula is C9H13N3S. The minimum atomic E-state index is 0.0465. The second-order valence-electron chi connectivity index (χ2n) is 3.02. The molecule has 0 amide bonds. The maximum atomic E-state index is 5.83. The Kier molecular flexibility index (Phi) is 2.85. The Balaban J connectivity index is 1.98. The third kappa shape index (κ3) is 2.22. The van der Waals surface area contributed by atoms with Crippen molar-refractivity contribution in [3.05, 3.63) is 30.3 Å². The smallest absolute Gasteiger partial charge is 0.0815 e. The molecule has 0 aromatic heterocycles. The zero-order valence-electron chi connectivity index (χ0n) is 7.23. The summed E-state index contributed by atoms with van der Waals surface area (Å²) in [4.78, 5) is 1.27. The van der Waals surface area contributed by atoms with E-state index in [1.54, 1.807) is 0 Å². The molecule has 2 atom stereocenters. The minimum absolute atomic E-state index is 0.0465. The van der Waals surface area contributed by atoms with E-state index in [1.165, 1.54) is 4.90 Å². The molecule has 70 valence electrons. The summed E-state index contributed by atoms with van der Waals surface area (Å²) in [6, 6.07) is 10.3. The van der Waals surface area contributed by atoms with Crippen LogP contribution in [0.3, 0.4) is 0 Å². The van der Waals surface area contributed by atoms with Crippen LogP contribution in [0.25, 0.3) is 0 Å². The van der Waals surface area contributed by atoms with Crippen LogP contribution in [0.4, 0.5) is 0 Å². The van der Waals surface area contributed by atoms with Gasteiger partial charge in [0.1, 0.15) is 0 Å². The van der Waals surface area contributed by atoms with Crippen LogP contribution in [0.5, 0.6) is 0 Å². The second-order valence-corrected chi connectivity index (χ2v) is 4.33. The standard InChI is InChI=1S/C9H13N3S/c10-9-8(6-11-12-9)13-7-4-2-1-3-5-7/h1-5,8-9,11-12H,6,10H2. The third-order valence-electron chi connectivity index (χ3n) is 2.00. The summed E-state index contributed by atoms with van der Waals surface area (Å²) in [5, 5.41) is 0.419. The highest BCUT2D eigenvalue weighted by Gasteiger charge is 2.23. The van der Waals surface area contributed by atoms with Gasteiger partial charge in [-0.15, -0.1) is 11.8 Å². The maximum Gasteiger partial charge on any atom is 0.0815 e. The zero-order valence-corrected chi connectivity index (χ0v) is 8.05. The highest BCUT2D eigenvalue weighted by atomic mass is 32.2. The van der Waals surface area contributed by atoms with Crippen molar-refractivity contribution in [1.82, 2.24) is 10.9 Å². The summed E-state index contributed by atoms with van der Waals surface area (Å²) in [5.41, 5.74) is 11.9. The number of thioether (sulfide) groups is 1. The first-order valence-electron chi connectivity index (χ1n) is 4.32. The molecule has 1 aliphatic rings. The lowest BCUT2D eigenvalue weighted by Crippen LogP contribution is -2.40. The summed E-state index contributed by atoms with van der Waals surface area (Å²) in [5.74, 6) is 0. The molecule has 0 bridgehead atoms. The lowest BCUT2D eigenvalue weighted by atomic mass is 10.4. The van der Waals surface area contributed by atoms with Crippen molar-refractivity contribution in [2.45, 2.75) is 16.3 Å². The largest absolute Gasteiger partial charge is 0.314 e. The Morgan fingerprint density at radius 1 is 1.31 bits per heavy atom. The van der Waals surface area contributed by atoms with Crippen LogP contribution in [0.15, 0.2) is 35.2 Å². The first kappa shape index (κ1) is 9.02. The van der Waals surface area contributed by atoms with E-state index in [2.05, 4.69) is 23.0 Å². The Hall–Kier alpha value is -0.550. The number of benzene rings is 1. The highest BCUT2D eigenvalue weighted by Crippen LogP contribution is 2.24. The molecular weight excluding hydrogens is 182 g/mol. The average molecular weight is 195 g/mol. The van der Waals surface area contributed by atoms with Gasteiger partial charge in [0.15, 0.2) is 0 Å². The summed E-state index contributed by atoms with van der Waals surface area (Å²) < 4.78 is 0. The molecule has 13 heavy (non-hydrogen) atoms. The number of nitrogens with one attached hydrogen (secondary N) is 2. The first-order valence-corrected chi connectivity index (χ1v) is 5.20. The molecule has 0 spiro atoms. The van der Waals surface area contributed by atoms with Crippen LogP contribution in [-0.4, -0.2) is 18.0 Å². The second kappa shape index (κ2) is 4.11. The molecule has 4 N–H and O–H groups in total. The third-order valence-corrected chi connectivity index (χ3v) is 3.31. The Morgan fingerprint density at radius 2 is 2.08 bits per heavy atom. The van der Waals surface area contributed by atoms with E-state index in [4.69, 9.17) is 5.73 Å².